The predicted octanol–water partition coefficient (Wildman–Crippen LogP) is 4.40. The van der Waals surface area contributed by atoms with Gasteiger partial charge in [0.25, 0.3) is 0 Å². The van der Waals surface area contributed by atoms with Gasteiger partial charge in [0.2, 0.25) is 0 Å². The van der Waals surface area contributed by atoms with E-state index in [0.717, 1.165) is 34.3 Å². The van der Waals surface area contributed by atoms with Gasteiger partial charge in [0.15, 0.2) is 16.8 Å². The summed E-state index contributed by atoms with van der Waals surface area (Å²) in [6.45, 7) is 1.94. The van der Waals surface area contributed by atoms with Crippen molar-refractivity contribution >= 4 is 28.9 Å². The molecule has 1 aliphatic rings. The first-order chi connectivity index (χ1) is 12.1. The minimum atomic E-state index is -0.196. The molecule has 1 unspecified atom stereocenters. The van der Waals surface area contributed by atoms with Crippen molar-refractivity contribution in [1.82, 2.24) is 14.8 Å². The molecule has 4 rings (SSSR count). The Hall–Kier alpha value is -1.92. The van der Waals surface area contributed by atoms with Crippen LogP contribution in [0.15, 0.2) is 40.9 Å². The van der Waals surface area contributed by atoms with Crippen LogP contribution in [0.25, 0.3) is 10.7 Å². The van der Waals surface area contributed by atoms with Crippen LogP contribution in [0.2, 0.25) is 0 Å². The van der Waals surface area contributed by atoms with Crippen LogP contribution >= 0.6 is 23.1 Å². The van der Waals surface area contributed by atoms with Crippen molar-refractivity contribution in [2.45, 2.75) is 36.6 Å². The lowest BCUT2D eigenvalue weighted by molar-refractivity contribution is 0.0993. The summed E-state index contributed by atoms with van der Waals surface area (Å²) in [5.41, 5.74) is 3.54. The van der Waals surface area contributed by atoms with Gasteiger partial charge in [-0.05, 0) is 54.8 Å². The summed E-state index contributed by atoms with van der Waals surface area (Å²) in [5, 5.41) is 11.2. The monoisotopic (exact) mass is 369 g/mol. The smallest absolute Gasteiger partial charge is 0.191 e. The second-order valence-electron chi connectivity index (χ2n) is 6.30. The Balaban J connectivity index is 1.52. The average Bonchev–Trinajstić information content (AvgIpc) is 3.35. The molecule has 1 aromatic carbocycles. The summed E-state index contributed by atoms with van der Waals surface area (Å²) in [6, 6.07) is 10.2. The van der Waals surface area contributed by atoms with Gasteiger partial charge < -0.3 is 4.57 Å². The van der Waals surface area contributed by atoms with Gasteiger partial charge >= 0.3 is 0 Å². The Morgan fingerprint density at radius 2 is 2.08 bits per heavy atom. The van der Waals surface area contributed by atoms with Gasteiger partial charge in [-0.15, -0.1) is 21.5 Å². The van der Waals surface area contributed by atoms with E-state index in [2.05, 4.69) is 22.3 Å². The van der Waals surface area contributed by atoms with Gasteiger partial charge in [0.05, 0.1) is 10.1 Å². The van der Waals surface area contributed by atoms with E-state index in [9.17, 15) is 4.79 Å². The third kappa shape index (κ3) is 3.16. The van der Waals surface area contributed by atoms with E-state index in [4.69, 9.17) is 0 Å². The number of benzene rings is 1. The van der Waals surface area contributed by atoms with Crippen molar-refractivity contribution in [3.63, 3.8) is 0 Å². The fourth-order valence-electron chi connectivity index (χ4n) is 3.21. The molecule has 4 nitrogen and oxygen atoms in total. The van der Waals surface area contributed by atoms with E-state index in [0.29, 0.717) is 0 Å². The number of fused-ring (bicyclic) bond motifs is 1. The van der Waals surface area contributed by atoms with Gasteiger partial charge in [-0.25, -0.2) is 0 Å². The van der Waals surface area contributed by atoms with Crippen molar-refractivity contribution in [3.05, 3.63) is 52.4 Å². The fourth-order valence-corrected chi connectivity index (χ4v) is 4.85. The first-order valence-electron chi connectivity index (χ1n) is 8.39. The zero-order chi connectivity index (χ0) is 17.4. The summed E-state index contributed by atoms with van der Waals surface area (Å²) in [5.74, 6) is 0.995. The molecule has 2 aromatic heterocycles. The topological polar surface area (TPSA) is 47.8 Å². The number of Topliss-reactive ketones (excluding diaryl/α,β-unsaturated/α-hetero) is 1. The van der Waals surface area contributed by atoms with Crippen molar-refractivity contribution < 1.29 is 4.79 Å². The molecule has 128 valence electrons. The van der Waals surface area contributed by atoms with E-state index in [-0.39, 0.29) is 11.0 Å². The summed E-state index contributed by atoms with van der Waals surface area (Å²) < 4.78 is 1.96. The van der Waals surface area contributed by atoms with E-state index < -0.39 is 0 Å². The van der Waals surface area contributed by atoms with Crippen molar-refractivity contribution in [3.8, 4) is 10.7 Å². The fraction of sp³-hybridized carbons (Fsp3) is 0.316. The van der Waals surface area contributed by atoms with E-state index in [1.54, 1.807) is 11.3 Å². The minimum absolute atomic E-state index is 0.153. The number of aryl methyl sites for hydroxylation is 2. The highest BCUT2D eigenvalue weighted by atomic mass is 32.2. The van der Waals surface area contributed by atoms with Crippen molar-refractivity contribution in [2.24, 2.45) is 7.05 Å². The van der Waals surface area contributed by atoms with Gasteiger partial charge in [-0.1, -0.05) is 30.0 Å². The third-order valence-electron chi connectivity index (χ3n) is 4.61. The lowest BCUT2D eigenvalue weighted by atomic mass is 10.0. The van der Waals surface area contributed by atoms with Crippen LogP contribution in [0.1, 0.15) is 34.8 Å². The predicted molar refractivity (Wildman–Crippen MR) is 102 cm³/mol. The SMILES string of the molecule is CC(Sc1nnc(-c2cccs2)n1C)C(=O)c1ccc2c(c1)CCC2. The van der Waals surface area contributed by atoms with Crippen LogP contribution in [-0.4, -0.2) is 25.8 Å². The van der Waals surface area contributed by atoms with Crippen LogP contribution in [0.5, 0.6) is 0 Å². The number of nitrogens with zero attached hydrogens (tertiary/aromatic N) is 3. The molecule has 0 spiro atoms. The largest absolute Gasteiger partial charge is 0.304 e. The molecule has 6 heteroatoms. The van der Waals surface area contributed by atoms with Gasteiger partial charge in [0.1, 0.15) is 0 Å². The molecule has 0 amide bonds. The molecular formula is C19H19N3OS2. The molecule has 1 atom stereocenters. The first kappa shape index (κ1) is 16.5. The molecule has 0 N–H and O–H groups in total. The Labute approximate surface area is 155 Å². The standard InChI is InChI=1S/C19H19N3OS2/c1-12(17(23)15-9-8-13-5-3-6-14(13)11-15)25-19-21-20-18(22(19)2)16-7-4-10-24-16/h4,7-12H,3,5-6H2,1-2H3. The van der Waals surface area contributed by atoms with Crippen LogP contribution in [0.4, 0.5) is 0 Å². The Bertz CT molecular complexity index is 915. The summed E-state index contributed by atoms with van der Waals surface area (Å²) in [7, 11) is 1.95. The van der Waals surface area contributed by atoms with Crippen LogP contribution in [0, 0.1) is 0 Å². The molecule has 0 bridgehead atoms. The number of rotatable bonds is 5. The number of carbonyl (C=O) groups is 1. The van der Waals surface area contributed by atoms with Crippen molar-refractivity contribution in [1.29, 1.82) is 0 Å². The lowest BCUT2D eigenvalue weighted by Crippen LogP contribution is -2.14. The highest BCUT2D eigenvalue weighted by Gasteiger charge is 2.22. The molecular weight excluding hydrogens is 350 g/mol. The molecule has 0 saturated carbocycles. The Morgan fingerprint density at radius 3 is 2.88 bits per heavy atom. The number of aromatic nitrogens is 3. The number of thiophene rings is 1. The van der Waals surface area contributed by atoms with Crippen molar-refractivity contribution in [2.75, 3.05) is 0 Å². The summed E-state index contributed by atoms with van der Waals surface area (Å²) >= 11 is 3.11. The molecule has 0 saturated heterocycles. The normalized spacial score (nSPS) is 14.5. The highest BCUT2D eigenvalue weighted by Crippen LogP contribution is 2.30. The van der Waals surface area contributed by atoms with Crippen LogP contribution in [-0.2, 0) is 19.9 Å². The minimum Gasteiger partial charge on any atom is -0.304 e. The van der Waals surface area contributed by atoms with Gasteiger partial charge in [-0.3, -0.25) is 4.79 Å². The van der Waals surface area contributed by atoms with Crippen LogP contribution < -0.4 is 0 Å². The Kier molecular flexibility index (Phi) is 4.48. The molecule has 25 heavy (non-hydrogen) atoms. The van der Waals surface area contributed by atoms with E-state index in [1.165, 1.54) is 29.3 Å². The Morgan fingerprint density at radius 1 is 1.24 bits per heavy atom. The molecule has 0 fully saturated rings. The number of hydrogen-bond donors (Lipinski definition) is 0. The maximum absolute atomic E-state index is 12.8. The maximum Gasteiger partial charge on any atom is 0.191 e. The van der Waals surface area contributed by atoms with Crippen LogP contribution in [0.3, 0.4) is 0 Å². The number of thioether (sulfide) groups is 1. The number of ketones is 1. The summed E-state index contributed by atoms with van der Waals surface area (Å²) in [6.07, 6.45) is 3.42. The van der Waals surface area contributed by atoms with E-state index >= 15 is 0 Å². The number of hydrogen-bond acceptors (Lipinski definition) is 5. The van der Waals surface area contributed by atoms with E-state index in [1.807, 2.05) is 42.1 Å². The molecule has 3 aromatic rings. The maximum atomic E-state index is 12.8. The number of carbonyl (C=O) groups excluding carboxylic acids is 1. The highest BCUT2D eigenvalue weighted by molar-refractivity contribution is 8.00. The van der Waals surface area contributed by atoms with Gasteiger partial charge in [0, 0.05) is 12.6 Å². The van der Waals surface area contributed by atoms with Gasteiger partial charge in [-0.2, -0.15) is 0 Å². The second-order valence-corrected chi connectivity index (χ2v) is 8.56. The third-order valence-corrected chi connectivity index (χ3v) is 6.61. The average molecular weight is 370 g/mol. The molecule has 1 aliphatic carbocycles. The summed E-state index contributed by atoms with van der Waals surface area (Å²) in [4.78, 5) is 13.9. The zero-order valence-corrected chi connectivity index (χ0v) is 15.9. The quantitative estimate of drug-likeness (QED) is 0.494. The second kappa shape index (κ2) is 6.77. The molecule has 0 aliphatic heterocycles. The zero-order valence-electron chi connectivity index (χ0n) is 14.2. The molecule has 0 radical (unpaired) electrons. The first-order valence-corrected chi connectivity index (χ1v) is 10.2. The lowest BCUT2D eigenvalue weighted by Gasteiger charge is -2.11. The molecule has 2 heterocycles.